The van der Waals surface area contributed by atoms with Crippen molar-refractivity contribution in [2.75, 3.05) is 12.4 Å². The first-order chi connectivity index (χ1) is 5.66. The summed E-state index contributed by atoms with van der Waals surface area (Å²) >= 11 is 0. The molecular weight excluding hydrogens is 150 g/mol. The van der Waals surface area contributed by atoms with Crippen LogP contribution < -0.4 is 5.32 Å². The number of anilines is 1. The fraction of sp³-hybridized carbons (Fsp3) is 0.200. The molecule has 2 N–H and O–H groups in total. The highest BCUT2D eigenvalue weighted by molar-refractivity contribution is 5.67. The summed E-state index contributed by atoms with van der Waals surface area (Å²) in [5.74, 6) is 0.115. The van der Waals surface area contributed by atoms with E-state index in [0.717, 1.165) is 16.8 Å². The van der Waals surface area contributed by atoms with Crippen LogP contribution in [0.3, 0.4) is 0 Å². The average Bonchev–Trinajstić information content (AvgIpc) is 2.04. The molecule has 2 nitrogen and oxygen atoms in total. The van der Waals surface area contributed by atoms with Gasteiger partial charge in [0, 0.05) is 18.3 Å². The molecule has 0 aliphatic rings. The molecule has 0 radical (unpaired) electrons. The number of hydrogen-bond donors (Lipinski definition) is 2. The van der Waals surface area contributed by atoms with E-state index in [1.165, 1.54) is 0 Å². The minimum atomic E-state index is 0.115. The Bertz CT molecular complexity index is 305. The van der Waals surface area contributed by atoms with Crippen molar-refractivity contribution in [3.05, 3.63) is 35.9 Å². The molecule has 0 saturated carbocycles. The minimum absolute atomic E-state index is 0.115. The standard InChI is InChI=1S/C10H13NO/c1-7-9(8(2)12)5-4-6-10(7)11-3/h4-6,11-12H,2H2,1,3H3. The van der Waals surface area contributed by atoms with Crippen molar-refractivity contribution in [3.8, 4) is 0 Å². The third kappa shape index (κ3) is 1.42. The van der Waals surface area contributed by atoms with Gasteiger partial charge in [-0.1, -0.05) is 18.7 Å². The molecule has 0 aliphatic heterocycles. The molecule has 0 fully saturated rings. The maximum Gasteiger partial charge on any atom is 0.115 e. The molecule has 0 heterocycles. The second-order valence-corrected chi connectivity index (χ2v) is 2.67. The van der Waals surface area contributed by atoms with Crippen molar-refractivity contribution in [2.24, 2.45) is 0 Å². The Morgan fingerprint density at radius 3 is 2.67 bits per heavy atom. The van der Waals surface area contributed by atoms with Gasteiger partial charge in [0.25, 0.3) is 0 Å². The first-order valence-corrected chi connectivity index (χ1v) is 3.82. The molecule has 1 rings (SSSR count). The molecule has 1 aromatic rings. The number of nitrogens with one attached hydrogen (secondary N) is 1. The highest BCUT2D eigenvalue weighted by Gasteiger charge is 2.03. The van der Waals surface area contributed by atoms with Gasteiger partial charge in [0.15, 0.2) is 0 Å². The van der Waals surface area contributed by atoms with Crippen LogP contribution in [0.15, 0.2) is 24.8 Å². The summed E-state index contributed by atoms with van der Waals surface area (Å²) in [6.07, 6.45) is 0. The Labute approximate surface area is 72.5 Å². The lowest BCUT2D eigenvalue weighted by Crippen LogP contribution is -1.95. The second-order valence-electron chi connectivity index (χ2n) is 2.67. The Hall–Kier alpha value is -1.44. The Morgan fingerprint density at radius 2 is 2.17 bits per heavy atom. The van der Waals surface area contributed by atoms with E-state index in [-0.39, 0.29) is 5.76 Å². The van der Waals surface area contributed by atoms with Crippen molar-refractivity contribution in [1.29, 1.82) is 0 Å². The maximum absolute atomic E-state index is 9.20. The summed E-state index contributed by atoms with van der Waals surface area (Å²) in [5, 5.41) is 12.2. The van der Waals surface area contributed by atoms with Gasteiger partial charge < -0.3 is 10.4 Å². The fourth-order valence-corrected chi connectivity index (χ4v) is 1.22. The zero-order valence-corrected chi connectivity index (χ0v) is 7.39. The van der Waals surface area contributed by atoms with Crippen LogP contribution in [-0.2, 0) is 0 Å². The van der Waals surface area contributed by atoms with Crippen molar-refractivity contribution in [2.45, 2.75) is 6.92 Å². The SMILES string of the molecule is C=C(O)c1cccc(NC)c1C. The van der Waals surface area contributed by atoms with Crippen LogP contribution in [0.1, 0.15) is 11.1 Å². The molecular formula is C10H13NO. The molecule has 0 spiro atoms. The average molecular weight is 163 g/mol. The van der Waals surface area contributed by atoms with E-state index in [0.29, 0.717) is 0 Å². The topological polar surface area (TPSA) is 32.3 Å². The number of benzene rings is 1. The molecule has 0 unspecified atom stereocenters. The van der Waals surface area contributed by atoms with Crippen LogP contribution >= 0.6 is 0 Å². The van der Waals surface area contributed by atoms with Gasteiger partial charge in [0.1, 0.15) is 5.76 Å². The largest absolute Gasteiger partial charge is 0.508 e. The van der Waals surface area contributed by atoms with Crippen molar-refractivity contribution in [3.63, 3.8) is 0 Å². The number of aliphatic hydroxyl groups excluding tert-OH is 1. The van der Waals surface area contributed by atoms with E-state index in [2.05, 4.69) is 11.9 Å². The van der Waals surface area contributed by atoms with Gasteiger partial charge in [-0.3, -0.25) is 0 Å². The molecule has 0 aromatic heterocycles. The van der Waals surface area contributed by atoms with Crippen LogP contribution in [-0.4, -0.2) is 12.2 Å². The predicted molar refractivity (Wildman–Crippen MR) is 52.4 cm³/mol. The number of aliphatic hydroxyl groups is 1. The fourth-order valence-electron chi connectivity index (χ4n) is 1.22. The first kappa shape index (κ1) is 8.65. The summed E-state index contributed by atoms with van der Waals surface area (Å²) in [7, 11) is 1.85. The van der Waals surface area contributed by atoms with Crippen LogP contribution in [0.2, 0.25) is 0 Å². The monoisotopic (exact) mass is 163 g/mol. The minimum Gasteiger partial charge on any atom is -0.508 e. The van der Waals surface area contributed by atoms with Gasteiger partial charge in [-0.15, -0.1) is 0 Å². The van der Waals surface area contributed by atoms with Crippen LogP contribution in [0.4, 0.5) is 5.69 Å². The molecule has 1 aromatic carbocycles. The van der Waals surface area contributed by atoms with Gasteiger partial charge in [-0.25, -0.2) is 0 Å². The van der Waals surface area contributed by atoms with Gasteiger partial charge in [-0.2, -0.15) is 0 Å². The summed E-state index contributed by atoms with van der Waals surface area (Å²) in [6.45, 7) is 5.44. The summed E-state index contributed by atoms with van der Waals surface area (Å²) in [5.41, 5.74) is 2.83. The van der Waals surface area contributed by atoms with Gasteiger partial charge in [0.05, 0.1) is 0 Å². The molecule has 12 heavy (non-hydrogen) atoms. The van der Waals surface area contributed by atoms with E-state index in [9.17, 15) is 5.11 Å². The Morgan fingerprint density at radius 1 is 1.50 bits per heavy atom. The lowest BCUT2D eigenvalue weighted by molar-refractivity contribution is 0.513. The number of hydrogen-bond acceptors (Lipinski definition) is 2. The van der Waals surface area contributed by atoms with Gasteiger partial charge in [0.2, 0.25) is 0 Å². The zero-order valence-electron chi connectivity index (χ0n) is 7.39. The summed E-state index contributed by atoms with van der Waals surface area (Å²) in [6, 6.07) is 5.69. The summed E-state index contributed by atoms with van der Waals surface area (Å²) in [4.78, 5) is 0. The molecule has 0 aliphatic carbocycles. The summed E-state index contributed by atoms with van der Waals surface area (Å²) < 4.78 is 0. The Balaban J connectivity index is 3.23. The smallest absolute Gasteiger partial charge is 0.115 e. The molecule has 0 atom stereocenters. The lowest BCUT2D eigenvalue weighted by Gasteiger charge is -2.08. The molecule has 0 saturated heterocycles. The zero-order chi connectivity index (χ0) is 9.14. The van der Waals surface area contributed by atoms with E-state index < -0.39 is 0 Å². The van der Waals surface area contributed by atoms with Crippen molar-refractivity contribution < 1.29 is 5.11 Å². The highest BCUT2D eigenvalue weighted by Crippen LogP contribution is 2.21. The van der Waals surface area contributed by atoms with E-state index >= 15 is 0 Å². The Kier molecular flexibility index (Phi) is 2.38. The lowest BCUT2D eigenvalue weighted by atomic mass is 10.1. The van der Waals surface area contributed by atoms with Gasteiger partial charge >= 0.3 is 0 Å². The van der Waals surface area contributed by atoms with E-state index in [1.54, 1.807) is 0 Å². The second kappa shape index (κ2) is 3.30. The van der Waals surface area contributed by atoms with Crippen molar-refractivity contribution in [1.82, 2.24) is 0 Å². The maximum atomic E-state index is 9.20. The van der Waals surface area contributed by atoms with Crippen molar-refractivity contribution >= 4 is 11.4 Å². The number of rotatable bonds is 2. The third-order valence-corrected chi connectivity index (χ3v) is 1.91. The quantitative estimate of drug-likeness (QED) is 0.657. The molecule has 0 amide bonds. The predicted octanol–water partition coefficient (Wildman–Crippen LogP) is 2.57. The van der Waals surface area contributed by atoms with E-state index in [1.807, 2.05) is 32.2 Å². The third-order valence-electron chi connectivity index (χ3n) is 1.91. The normalized spacial score (nSPS) is 9.50. The van der Waals surface area contributed by atoms with Gasteiger partial charge in [-0.05, 0) is 18.6 Å². The van der Waals surface area contributed by atoms with E-state index in [4.69, 9.17) is 0 Å². The first-order valence-electron chi connectivity index (χ1n) is 3.82. The molecule has 0 bridgehead atoms. The van der Waals surface area contributed by atoms with Crippen LogP contribution in [0.25, 0.3) is 5.76 Å². The van der Waals surface area contributed by atoms with Crippen LogP contribution in [0.5, 0.6) is 0 Å². The molecule has 64 valence electrons. The molecule has 2 heteroatoms. The van der Waals surface area contributed by atoms with Crippen LogP contribution in [0, 0.1) is 6.92 Å². The highest BCUT2D eigenvalue weighted by atomic mass is 16.3.